The van der Waals surface area contributed by atoms with E-state index in [1.165, 1.54) is 6.92 Å². The van der Waals surface area contributed by atoms with Crippen molar-refractivity contribution in [3.8, 4) is 5.75 Å². The number of carbonyl (C=O) groups is 1. The van der Waals surface area contributed by atoms with Gasteiger partial charge in [-0.15, -0.1) is 0 Å². The molecule has 0 aliphatic carbocycles. The Hall–Kier alpha value is -1.85. The van der Waals surface area contributed by atoms with Gasteiger partial charge in [-0.3, -0.25) is 4.79 Å². The van der Waals surface area contributed by atoms with Crippen molar-refractivity contribution in [1.29, 1.82) is 0 Å². The summed E-state index contributed by atoms with van der Waals surface area (Å²) in [6.07, 6.45) is 0. The van der Waals surface area contributed by atoms with Crippen molar-refractivity contribution >= 4 is 27.5 Å². The van der Waals surface area contributed by atoms with Crippen LogP contribution in [-0.2, 0) is 4.79 Å². The number of hydrogen-bond acceptors (Lipinski definition) is 3. The number of amides is 1. The number of carbonyl (C=O) groups excluding carboxylic acids is 1. The zero-order chi connectivity index (χ0) is 16.7. The Bertz CT molecular complexity index is 644. The largest absolute Gasteiger partial charge is 0.492 e. The first-order chi connectivity index (χ1) is 11.0. The second-order valence-corrected chi connectivity index (χ2v) is 6.20. The third-order valence-electron chi connectivity index (χ3n) is 3.34. The van der Waals surface area contributed by atoms with Gasteiger partial charge in [-0.1, -0.05) is 28.1 Å². The summed E-state index contributed by atoms with van der Waals surface area (Å²) < 4.78 is 6.72. The van der Waals surface area contributed by atoms with Gasteiger partial charge in [0.25, 0.3) is 0 Å². The highest BCUT2D eigenvalue weighted by molar-refractivity contribution is 9.10. The van der Waals surface area contributed by atoms with Crippen molar-refractivity contribution in [2.24, 2.45) is 0 Å². The van der Waals surface area contributed by atoms with E-state index in [2.05, 4.69) is 33.5 Å². The lowest BCUT2D eigenvalue weighted by Crippen LogP contribution is -2.24. The molecule has 0 saturated carbocycles. The molecule has 4 nitrogen and oxygen atoms in total. The summed E-state index contributed by atoms with van der Waals surface area (Å²) in [5, 5.41) is 6.21. The van der Waals surface area contributed by atoms with Gasteiger partial charge in [0.2, 0.25) is 5.91 Å². The Morgan fingerprint density at radius 3 is 2.65 bits per heavy atom. The van der Waals surface area contributed by atoms with Crippen molar-refractivity contribution in [3.05, 3.63) is 58.6 Å². The van der Waals surface area contributed by atoms with E-state index in [0.29, 0.717) is 6.61 Å². The molecule has 0 radical (unpaired) electrons. The SMILES string of the molecule is CC(=O)Nc1cccc(C(C)NCCOc2ccc(Br)cc2)c1. The number of rotatable bonds is 7. The van der Waals surface area contributed by atoms with Gasteiger partial charge in [-0.25, -0.2) is 0 Å². The summed E-state index contributed by atoms with van der Waals surface area (Å²) in [6.45, 7) is 4.93. The Morgan fingerprint density at radius 2 is 1.96 bits per heavy atom. The van der Waals surface area contributed by atoms with Crippen LogP contribution in [-0.4, -0.2) is 19.1 Å². The number of hydrogen-bond donors (Lipinski definition) is 2. The number of benzene rings is 2. The Kier molecular flexibility index (Phi) is 6.62. The fraction of sp³-hybridized carbons (Fsp3) is 0.278. The molecule has 1 amide bonds. The van der Waals surface area contributed by atoms with Crippen LogP contribution >= 0.6 is 15.9 Å². The molecule has 2 N–H and O–H groups in total. The fourth-order valence-corrected chi connectivity index (χ4v) is 2.45. The average molecular weight is 377 g/mol. The summed E-state index contributed by atoms with van der Waals surface area (Å²) in [5.74, 6) is 0.793. The molecule has 0 heterocycles. The van der Waals surface area contributed by atoms with Crippen molar-refractivity contribution in [1.82, 2.24) is 5.32 Å². The van der Waals surface area contributed by atoms with Crippen molar-refractivity contribution in [3.63, 3.8) is 0 Å². The van der Waals surface area contributed by atoms with E-state index in [1.54, 1.807) is 0 Å². The van der Waals surface area contributed by atoms with Gasteiger partial charge >= 0.3 is 0 Å². The molecule has 23 heavy (non-hydrogen) atoms. The maximum absolute atomic E-state index is 11.1. The van der Waals surface area contributed by atoms with E-state index in [9.17, 15) is 4.79 Å². The molecule has 0 aliphatic rings. The molecule has 0 bridgehead atoms. The van der Waals surface area contributed by atoms with Gasteiger partial charge in [0.15, 0.2) is 0 Å². The van der Waals surface area contributed by atoms with Crippen LogP contribution in [0.3, 0.4) is 0 Å². The maximum Gasteiger partial charge on any atom is 0.221 e. The Labute approximate surface area is 145 Å². The van der Waals surface area contributed by atoms with Crippen molar-refractivity contribution in [2.75, 3.05) is 18.5 Å². The van der Waals surface area contributed by atoms with E-state index in [-0.39, 0.29) is 11.9 Å². The predicted molar refractivity (Wildman–Crippen MR) is 96.8 cm³/mol. The van der Waals surface area contributed by atoms with Crippen molar-refractivity contribution in [2.45, 2.75) is 19.9 Å². The van der Waals surface area contributed by atoms with Gasteiger partial charge in [0.05, 0.1) is 0 Å². The molecule has 0 aliphatic heterocycles. The Balaban J connectivity index is 1.79. The molecule has 0 saturated heterocycles. The Morgan fingerprint density at radius 1 is 1.22 bits per heavy atom. The fourth-order valence-electron chi connectivity index (χ4n) is 2.18. The first kappa shape index (κ1) is 17.5. The molecule has 2 aromatic rings. The van der Waals surface area contributed by atoms with Crippen LogP contribution in [0.2, 0.25) is 0 Å². The minimum Gasteiger partial charge on any atom is -0.492 e. The lowest BCUT2D eigenvalue weighted by atomic mass is 10.1. The summed E-state index contributed by atoms with van der Waals surface area (Å²) in [4.78, 5) is 11.1. The molecule has 2 rings (SSSR count). The van der Waals surface area contributed by atoms with Crippen LogP contribution in [0.4, 0.5) is 5.69 Å². The third kappa shape index (κ3) is 6.04. The van der Waals surface area contributed by atoms with Crippen LogP contribution in [0.5, 0.6) is 5.75 Å². The molecule has 1 atom stereocenters. The van der Waals surface area contributed by atoms with Crippen molar-refractivity contribution < 1.29 is 9.53 Å². The van der Waals surface area contributed by atoms with Crippen LogP contribution in [0.15, 0.2) is 53.0 Å². The summed E-state index contributed by atoms with van der Waals surface area (Å²) in [6, 6.07) is 15.8. The highest BCUT2D eigenvalue weighted by atomic mass is 79.9. The first-order valence-electron chi connectivity index (χ1n) is 7.54. The third-order valence-corrected chi connectivity index (χ3v) is 3.87. The molecule has 0 aromatic heterocycles. The van der Waals surface area contributed by atoms with Crippen LogP contribution in [0.1, 0.15) is 25.5 Å². The standard InChI is InChI=1S/C18H21BrN2O2/c1-13(15-4-3-5-17(12-15)21-14(2)22)20-10-11-23-18-8-6-16(19)7-9-18/h3-9,12-13,20H,10-11H2,1-2H3,(H,21,22). The highest BCUT2D eigenvalue weighted by Gasteiger charge is 2.06. The van der Waals surface area contributed by atoms with E-state index in [0.717, 1.165) is 28.0 Å². The normalized spacial score (nSPS) is 11.8. The zero-order valence-corrected chi connectivity index (χ0v) is 14.9. The number of nitrogens with one attached hydrogen (secondary N) is 2. The molecular formula is C18H21BrN2O2. The molecule has 5 heteroatoms. The zero-order valence-electron chi connectivity index (χ0n) is 13.3. The minimum absolute atomic E-state index is 0.0642. The minimum atomic E-state index is -0.0642. The number of halogens is 1. The molecule has 0 spiro atoms. The average Bonchev–Trinajstić information content (AvgIpc) is 2.52. The van der Waals surface area contributed by atoms with Crippen LogP contribution in [0.25, 0.3) is 0 Å². The summed E-state index contributed by atoms with van der Waals surface area (Å²) in [7, 11) is 0. The van der Waals surface area contributed by atoms with Gasteiger partial charge in [-0.2, -0.15) is 0 Å². The number of anilines is 1. The lowest BCUT2D eigenvalue weighted by Gasteiger charge is -2.16. The van der Waals surface area contributed by atoms with Crippen LogP contribution < -0.4 is 15.4 Å². The summed E-state index contributed by atoms with van der Waals surface area (Å²) >= 11 is 3.40. The van der Waals surface area contributed by atoms with Crippen LogP contribution in [0, 0.1) is 0 Å². The molecule has 1 unspecified atom stereocenters. The van der Waals surface area contributed by atoms with E-state index < -0.39 is 0 Å². The van der Waals surface area contributed by atoms with E-state index >= 15 is 0 Å². The smallest absolute Gasteiger partial charge is 0.221 e. The monoisotopic (exact) mass is 376 g/mol. The van der Waals surface area contributed by atoms with Gasteiger partial charge in [0, 0.05) is 29.7 Å². The van der Waals surface area contributed by atoms with Gasteiger partial charge < -0.3 is 15.4 Å². The van der Waals surface area contributed by atoms with Gasteiger partial charge in [-0.05, 0) is 48.9 Å². The molecule has 2 aromatic carbocycles. The molecular weight excluding hydrogens is 356 g/mol. The number of ether oxygens (including phenoxy) is 1. The highest BCUT2D eigenvalue weighted by Crippen LogP contribution is 2.18. The topological polar surface area (TPSA) is 50.4 Å². The maximum atomic E-state index is 11.1. The first-order valence-corrected chi connectivity index (χ1v) is 8.33. The quantitative estimate of drug-likeness (QED) is 0.714. The summed E-state index contributed by atoms with van der Waals surface area (Å²) in [5.41, 5.74) is 1.94. The molecule has 0 fully saturated rings. The predicted octanol–water partition coefficient (Wildman–Crippen LogP) is 4.14. The van der Waals surface area contributed by atoms with E-state index in [1.807, 2.05) is 48.5 Å². The van der Waals surface area contributed by atoms with Gasteiger partial charge in [0.1, 0.15) is 12.4 Å². The second kappa shape index (κ2) is 8.70. The lowest BCUT2D eigenvalue weighted by molar-refractivity contribution is -0.114. The molecule has 122 valence electrons. The second-order valence-electron chi connectivity index (χ2n) is 5.28. The van der Waals surface area contributed by atoms with E-state index in [4.69, 9.17) is 4.74 Å².